The molecule has 0 aliphatic rings. The summed E-state index contributed by atoms with van der Waals surface area (Å²) in [6.07, 6.45) is 4.92. The Labute approximate surface area is 137 Å². The highest BCUT2D eigenvalue weighted by molar-refractivity contribution is 5.66. The molecule has 0 saturated carbocycles. The molecule has 2 N–H and O–H groups in total. The zero-order valence-corrected chi connectivity index (χ0v) is 13.7. The van der Waals surface area contributed by atoms with E-state index in [0.717, 1.165) is 37.0 Å². The molecule has 1 rings (SSSR count). The van der Waals surface area contributed by atoms with Crippen LogP contribution in [0.15, 0.2) is 18.2 Å². The number of aliphatic carboxylic acids is 2. The van der Waals surface area contributed by atoms with E-state index in [9.17, 15) is 9.59 Å². The second-order valence-electron chi connectivity index (χ2n) is 5.53. The van der Waals surface area contributed by atoms with Crippen molar-refractivity contribution in [3.8, 4) is 5.75 Å². The number of hydrogen-bond acceptors (Lipinski definition) is 3. The second-order valence-corrected chi connectivity index (χ2v) is 5.53. The van der Waals surface area contributed by atoms with Gasteiger partial charge in [-0.15, -0.1) is 0 Å². The average Bonchev–Trinajstić information content (AvgIpc) is 2.49. The molecule has 0 aliphatic heterocycles. The topological polar surface area (TPSA) is 83.8 Å². The molecular weight excluding hydrogens is 296 g/mol. The van der Waals surface area contributed by atoms with Crippen LogP contribution in [0.3, 0.4) is 0 Å². The number of carboxylic acid groups (broad SMARTS) is 2. The van der Waals surface area contributed by atoms with E-state index in [0.29, 0.717) is 19.4 Å². The summed E-state index contributed by atoms with van der Waals surface area (Å²) in [5.74, 6) is -0.669. The third-order valence-electron chi connectivity index (χ3n) is 3.68. The predicted octanol–water partition coefficient (Wildman–Crippen LogP) is 3.68. The molecule has 5 heteroatoms. The minimum atomic E-state index is -0.767. The first-order valence-electron chi connectivity index (χ1n) is 8.21. The summed E-state index contributed by atoms with van der Waals surface area (Å²) in [6, 6.07) is 5.95. The van der Waals surface area contributed by atoms with Crippen LogP contribution < -0.4 is 4.74 Å². The number of ether oxygens (including phenoxy) is 1. The van der Waals surface area contributed by atoms with Crippen molar-refractivity contribution in [2.45, 2.75) is 58.3 Å². The van der Waals surface area contributed by atoms with Crippen LogP contribution in [0.5, 0.6) is 5.75 Å². The lowest BCUT2D eigenvalue weighted by Gasteiger charge is -2.15. The summed E-state index contributed by atoms with van der Waals surface area (Å²) >= 11 is 0. The van der Waals surface area contributed by atoms with Crippen LogP contribution in [0, 0.1) is 0 Å². The molecule has 0 atom stereocenters. The number of rotatable bonds is 12. The van der Waals surface area contributed by atoms with Crippen molar-refractivity contribution in [1.29, 1.82) is 0 Å². The van der Waals surface area contributed by atoms with E-state index in [-0.39, 0.29) is 12.8 Å². The fraction of sp³-hybridized carbons (Fsp3) is 0.556. The SMILES string of the molecule is CCOc1cccc(CCCCC(=O)O)c1CCCCC(=O)O. The lowest BCUT2D eigenvalue weighted by atomic mass is 9.96. The largest absolute Gasteiger partial charge is 0.494 e. The van der Waals surface area contributed by atoms with Crippen molar-refractivity contribution in [3.63, 3.8) is 0 Å². The highest BCUT2D eigenvalue weighted by Gasteiger charge is 2.10. The molecule has 0 heterocycles. The molecule has 1 aromatic carbocycles. The average molecular weight is 322 g/mol. The van der Waals surface area contributed by atoms with Gasteiger partial charge in [-0.05, 0) is 62.6 Å². The molecule has 23 heavy (non-hydrogen) atoms. The van der Waals surface area contributed by atoms with Crippen LogP contribution in [-0.4, -0.2) is 28.8 Å². The van der Waals surface area contributed by atoms with Gasteiger partial charge in [0.2, 0.25) is 0 Å². The lowest BCUT2D eigenvalue weighted by molar-refractivity contribution is -0.138. The summed E-state index contributed by atoms with van der Waals surface area (Å²) in [4.78, 5) is 21.2. The summed E-state index contributed by atoms with van der Waals surface area (Å²) in [6.45, 7) is 2.53. The Morgan fingerprint density at radius 2 is 1.57 bits per heavy atom. The molecule has 0 bridgehead atoms. The third-order valence-corrected chi connectivity index (χ3v) is 3.68. The molecule has 1 aromatic rings. The normalized spacial score (nSPS) is 10.5. The van der Waals surface area contributed by atoms with E-state index < -0.39 is 11.9 Å². The minimum absolute atomic E-state index is 0.185. The smallest absolute Gasteiger partial charge is 0.303 e. The number of hydrogen-bond donors (Lipinski definition) is 2. The zero-order chi connectivity index (χ0) is 17.1. The first-order valence-corrected chi connectivity index (χ1v) is 8.21. The van der Waals surface area contributed by atoms with Gasteiger partial charge in [0.05, 0.1) is 6.61 Å². The predicted molar refractivity (Wildman–Crippen MR) is 88.0 cm³/mol. The third kappa shape index (κ3) is 7.68. The van der Waals surface area contributed by atoms with E-state index in [1.807, 2.05) is 19.1 Å². The van der Waals surface area contributed by atoms with Gasteiger partial charge in [-0.3, -0.25) is 9.59 Å². The van der Waals surface area contributed by atoms with Crippen molar-refractivity contribution in [2.75, 3.05) is 6.61 Å². The first-order chi connectivity index (χ1) is 11.0. The quantitative estimate of drug-likeness (QED) is 0.573. The van der Waals surface area contributed by atoms with Gasteiger partial charge in [0.15, 0.2) is 0 Å². The number of carbonyl (C=O) groups is 2. The van der Waals surface area contributed by atoms with E-state index >= 15 is 0 Å². The van der Waals surface area contributed by atoms with Crippen LogP contribution in [0.1, 0.15) is 56.6 Å². The maximum absolute atomic E-state index is 10.6. The van der Waals surface area contributed by atoms with Crippen molar-refractivity contribution < 1.29 is 24.5 Å². The molecule has 128 valence electrons. The molecule has 0 amide bonds. The monoisotopic (exact) mass is 322 g/mol. The highest BCUT2D eigenvalue weighted by Crippen LogP contribution is 2.26. The van der Waals surface area contributed by atoms with Crippen LogP contribution in [-0.2, 0) is 22.4 Å². The van der Waals surface area contributed by atoms with Crippen LogP contribution in [0.4, 0.5) is 0 Å². The van der Waals surface area contributed by atoms with Crippen molar-refractivity contribution in [1.82, 2.24) is 0 Å². The Bertz CT molecular complexity index is 510. The van der Waals surface area contributed by atoms with Crippen LogP contribution in [0.25, 0.3) is 0 Å². The van der Waals surface area contributed by atoms with Gasteiger partial charge in [-0.25, -0.2) is 0 Å². The van der Waals surface area contributed by atoms with E-state index in [1.54, 1.807) is 0 Å². The van der Waals surface area contributed by atoms with Crippen molar-refractivity contribution >= 4 is 11.9 Å². The van der Waals surface area contributed by atoms with E-state index in [1.165, 1.54) is 5.56 Å². The molecular formula is C18H26O5. The van der Waals surface area contributed by atoms with Gasteiger partial charge in [-0.1, -0.05) is 12.1 Å². The molecule has 0 aromatic heterocycles. The Balaban J connectivity index is 2.68. The van der Waals surface area contributed by atoms with Gasteiger partial charge in [-0.2, -0.15) is 0 Å². The van der Waals surface area contributed by atoms with Crippen LogP contribution >= 0.6 is 0 Å². The summed E-state index contributed by atoms with van der Waals surface area (Å²) < 4.78 is 5.69. The van der Waals surface area contributed by atoms with Gasteiger partial charge in [0.25, 0.3) is 0 Å². The molecule has 0 saturated heterocycles. The van der Waals surface area contributed by atoms with Gasteiger partial charge >= 0.3 is 11.9 Å². The van der Waals surface area contributed by atoms with Crippen LogP contribution in [0.2, 0.25) is 0 Å². The molecule has 0 radical (unpaired) electrons. The summed E-state index contributed by atoms with van der Waals surface area (Å²) in [7, 11) is 0. The maximum Gasteiger partial charge on any atom is 0.303 e. The number of benzene rings is 1. The highest BCUT2D eigenvalue weighted by atomic mass is 16.5. The molecule has 0 aliphatic carbocycles. The number of carboxylic acids is 2. The standard InChI is InChI=1S/C18H26O5/c1-2-23-16-11-7-9-14(8-3-5-12-17(19)20)15(16)10-4-6-13-18(21)22/h7,9,11H,2-6,8,10,12-13H2,1H3,(H,19,20)(H,21,22). The Kier molecular flexibility index (Phi) is 8.80. The lowest BCUT2D eigenvalue weighted by Crippen LogP contribution is -2.03. The van der Waals surface area contributed by atoms with Gasteiger partial charge in [0.1, 0.15) is 5.75 Å². The fourth-order valence-electron chi connectivity index (χ4n) is 2.59. The first kappa shape index (κ1) is 19.0. The minimum Gasteiger partial charge on any atom is -0.494 e. The van der Waals surface area contributed by atoms with E-state index in [2.05, 4.69) is 6.07 Å². The second kappa shape index (κ2) is 10.6. The number of unbranched alkanes of at least 4 members (excludes halogenated alkanes) is 2. The summed E-state index contributed by atoms with van der Waals surface area (Å²) in [5, 5.41) is 17.4. The van der Waals surface area contributed by atoms with Gasteiger partial charge < -0.3 is 14.9 Å². The number of aryl methyl sites for hydroxylation is 1. The molecule has 5 nitrogen and oxygen atoms in total. The summed E-state index contributed by atoms with van der Waals surface area (Å²) in [5.41, 5.74) is 2.31. The molecule has 0 spiro atoms. The zero-order valence-electron chi connectivity index (χ0n) is 13.7. The maximum atomic E-state index is 10.6. The Morgan fingerprint density at radius 1 is 0.957 bits per heavy atom. The van der Waals surface area contributed by atoms with Crippen molar-refractivity contribution in [2.24, 2.45) is 0 Å². The molecule has 0 unspecified atom stereocenters. The van der Waals surface area contributed by atoms with Gasteiger partial charge in [0, 0.05) is 12.8 Å². The Morgan fingerprint density at radius 3 is 2.13 bits per heavy atom. The molecule has 0 fully saturated rings. The van der Waals surface area contributed by atoms with E-state index in [4.69, 9.17) is 14.9 Å². The van der Waals surface area contributed by atoms with Crippen molar-refractivity contribution in [3.05, 3.63) is 29.3 Å². The fourth-order valence-corrected chi connectivity index (χ4v) is 2.59. The Hall–Kier alpha value is -2.04.